The van der Waals surface area contributed by atoms with E-state index in [2.05, 4.69) is 50.3 Å². The van der Waals surface area contributed by atoms with E-state index < -0.39 is 17.2 Å². The number of carbonyl (C=O) groups excluding carboxylic acids is 1. The van der Waals surface area contributed by atoms with E-state index in [1.807, 2.05) is 40.7 Å². The average molecular weight is 529 g/mol. The number of aliphatic imine (C=N–C) groups is 1. The van der Waals surface area contributed by atoms with Crippen LogP contribution in [0, 0.1) is 0 Å². The van der Waals surface area contributed by atoms with Crippen molar-refractivity contribution in [3.05, 3.63) is 36.0 Å². The summed E-state index contributed by atoms with van der Waals surface area (Å²) in [6, 6.07) is 8.35. The molecule has 168 valence electrons. The van der Waals surface area contributed by atoms with Crippen molar-refractivity contribution in [3.63, 3.8) is 0 Å². The van der Waals surface area contributed by atoms with Crippen LogP contribution in [0.25, 0.3) is 10.9 Å². The van der Waals surface area contributed by atoms with Crippen LogP contribution >= 0.6 is 24.0 Å². The van der Waals surface area contributed by atoms with Crippen LogP contribution < -0.4 is 16.0 Å². The number of nitrogens with one attached hydrogen (secondary N) is 4. The summed E-state index contributed by atoms with van der Waals surface area (Å²) in [5.41, 5.74) is 1.50. The molecule has 0 saturated carbocycles. The summed E-state index contributed by atoms with van der Waals surface area (Å²) < 4.78 is 5.33. The molecule has 0 bridgehead atoms. The molecule has 1 aromatic carbocycles. The van der Waals surface area contributed by atoms with Crippen molar-refractivity contribution in [2.75, 3.05) is 20.1 Å². The fourth-order valence-corrected chi connectivity index (χ4v) is 2.97. The molecule has 0 fully saturated rings. The van der Waals surface area contributed by atoms with Gasteiger partial charge in [-0.2, -0.15) is 0 Å². The first-order valence-electron chi connectivity index (χ1n) is 10.1. The third kappa shape index (κ3) is 8.81. The monoisotopic (exact) mass is 529 g/mol. The van der Waals surface area contributed by atoms with Crippen LogP contribution in [-0.2, 0) is 11.2 Å². The summed E-state index contributed by atoms with van der Waals surface area (Å²) in [4.78, 5) is 19.6. The third-order valence-corrected chi connectivity index (χ3v) is 4.35. The van der Waals surface area contributed by atoms with Gasteiger partial charge in [-0.1, -0.05) is 18.2 Å². The highest BCUT2D eigenvalue weighted by Crippen LogP contribution is 2.18. The van der Waals surface area contributed by atoms with E-state index in [-0.39, 0.29) is 24.0 Å². The van der Waals surface area contributed by atoms with Gasteiger partial charge < -0.3 is 25.7 Å². The second-order valence-corrected chi connectivity index (χ2v) is 8.83. The lowest BCUT2D eigenvalue weighted by molar-refractivity contribution is 0.0474. The molecule has 0 radical (unpaired) electrons. The molecule has 2 aromatic rings. The van der Waals surface area contributed by atoms with Gasteiger partial charge in [-0.25, -0.2) is 4.79 Å². The standard InChI is InChI=1S/C22H35N5O2.HI/c1-21(2,3)29-20(28)27-22(4,5)15-26-19(23-6)24-13-9-10-16-14-25-18-12-8-7-11-17(16)18;/h7-8,11-12,14,25H,9-10,13,15H2,1-6H3,(H,27,28)(H2,23,24,26);1H. The lowest BCUT2D eigenvalue weighted by Crippen LogP contribution is -2.54. The van der Waals surface area contributed by atoms with Crippen LogP contribution in [0.2, 0.25) is 0 Å². The van der Waals surface area contributed by atoms with E-state index in [1.54, 1.807) is 7.05 Å². The normalized spacial score (nSPS) is 12.3. The fraction of sp³-hybridized carbons (Fsp3) is 0.545. The number of benzene rings is 1. The number of ether oxygens (including phenoxy) is 1. The number of nitrogens with zero attached hydrogens (tertiary/aromatic N) is 1. The molecule has 2 rings (SSSR count). The first-order valence-corrected chi connectivity index (χ1v) is 10.1. The van der Waals surface area contributed by atoms with Crippen LogP contribution in [-0.4, -0.2) is 48.3 Å². The number of aryl methyl sites for hydroxylation is 1. The van der Waals surface area contributed by atoms with Crippen molar-refractivity contribution in [1.82, 2.24) is 20.9 Å². The molecule has 0 atom stereocenters. The van der Waals surface area contributed by atoms with Gasteiger partial charge in [0, 0.05) is 37.2 Å². The van der Waals surface area contributed by atoms with Gasteiger partial charge in [0.25, 0.3) is 0 Å². The molecule has 0 spiro atoms. The number of rotatable bonds is 7. The zero-order chi connectivity index (χ0) is 21.5. The van der Waals surface area contributed by atoms with Crippen molar-refractivity contribution >= 4 is 46.9 Å². The second kappa shape index (κ2) is 11.4. The lowest BCUT2D eigenvalue weighted by atomic mass is 10.1. The first kappa shape index (κ1) is 26.1. The maximum Gasteiger partial charge on any atom is 0.408 e. The smallest absolute Gasteiger partial charge is 0.408 e. The van der Waals surface area contributed by atoms with Gasteiger partial charge in [0.2, 0.25) is 0 Å². The van der Waals surface area contributed by atoms with Crippen molar-refractivity contribution in [1.29, 1.82) is 0 Å². The zero-order valence-corrected chi connectivity index (χ0v) is 21.2. The highest BCUT2D eigenvalue weighted by atomic mass is 127. The topological polar surface area (TPSA) is 90.5 Å². The van der Waals surface area contributed by atoms with E-state index >= 15 is 0 Å². The molecule has 0 saturated heterocycles. The Labute approximate surface area is 196 Å². The van der Waals surface area contributed by atoms with Crippen molar-refractivity contribution in [3.8, 4) is 0 Å². The van der Waals surface area contributed by atoms with Crippen LogP contribution in [0.5, 0.6) is 0 Å². The predicted molar refractivity (Wildman–Crippen MR) is 135 cm³/mol. The second-order valence-electron chi connectivity index (χ2n) is 8.83. The number of amides is 1. The minimum atomic E-state index is -0.518. The number of halogens is 1. The van der Waals surface area contributed by atoms with Gasteiger partial charge in [0.1, 0.15) is 5.60 Å². The zero-order valence-electron chi connectivity index (χ0n) is 18.9. The van der Waals surface area contributed by atoms with Gasteiger partial charge in [-0.3, -0.25) is 4.99 Å². The van der Waals surface area contributed by atoms with E-state index in [4.69, 9.17) is 4.74 Å². The Balaban J connectivity index is 0.00000450. The van der Waals surface area contributed by atoms with Gasteiger partial charge in [-0.15, -0.1) is 24.0 Å². The fourth-order valence-electron chi connectivity index (χ4n) is 2.97. The SMILES string of the molecule is CN=C(NCCCc1c[nH]c2ccccc12)NCC(C)(C)NC(=O)OC(C)(C)C.I. The van der Waals surface area contributed by atoms with Crippen molar-refractivity contribution in [2.45, 2.75) is 58.6 Å². The molecular weight excluding hydrogens is 493 g/mol. The predicted octanol–water partition coefficient (Wildman–Crippen LogP) is 4.19. The highest BCUT2D eigenvalue weighted by molar-refractivity contribution is 14.0. The summed E-state index contributed by atoms with van der Waals surface area (Å²) in [6.45, 7) is 10.7. The number of guanidine groups is 1. The molecule has 1 amide bonds. The summed E-state index contributed by atoms with van der Waals surface area (Å²) >= 11 is 0. The number of hydrogen-bond acceptors (Lipinski definition) is 3. The number of hydrogen-bond donors (Lipinski definition) is 4. The number of alkyl carbamates (subject to hydrolysis) is 1. The van der Waals surface area contributed by atoms with Crippen LogP contribution in [0.3, 0.4) is 0 Å². The number of aromatic amines is 1. The molecule has 0 aliphatic heterocycles. The van der Waals surface area contributed by atoms with E-state index in [0.717, 1.165) is 19.4 Å². The molecule has 30 heavy (non-hydrogen) atoms. The summed E-state index contributed by atoms with van der Waals surface area (Å²) in [5, 5.41) is 10.8. The summed E-state index contributed by atoms with van der Waals surface area (Å²) in [5.74, 6) is 0.711. The van der Waals surface area contributed by atoms with E-state index in [0.29, 0.717) is 12.5 Å². The number of para-hydroxylation sites is 1. The Morgan fingerprint density at radius 2 is 1.83 bits per heavy atom. The summed E-state index contributed by atoms with van der Waals surface area (Å²) in [7, 11) is 1.74. The molecule has 0 aliphatic rings. The molecule has 0 aliphatic carbocycles. The third-order valence-electron chi connectivity index (χ3n) is 4.35. The van der Waals surface area contributed by atoms with Crippen LogP contribution in [0.4, 0.5) is 4.79 Å². The number of carbonyl (C=O) groups is 1. The Kier molecular flexibility index (Phi) is 9.93. The lowest BCUT2D eigenvalue weighted by Gasteiger charge is -2.29. The van der Waals surface area contributed by atoms with Crippen LogP contribution in [0.1, 0.15) is 46.6 Å². The van der Waals surface area contributed by atoms with Gasteiger partial charge >= 0.3 is 6.09 Å². The Hall–Kier alpha value is -1.97. The van der Waals surface area contributed by atoms with Crippen LogP contribution in [0.15, 0.2) is 35.5 Å². The maximum atomic E-state index is 12.0. The summed E-state index contributed by atoms with van der Waals surface area (Å²) in [6.07, 6.45) is 3.63. The van der Waals surface area contributed by atoms with Crippen molar-refractivity contribution in [2.24, 2.45) is 4.99 Å². The van der Waals surface area contributed by atoms with E-state index in [9.17, 15) is 4.79 Å². The minimum absolute atomic E-state index is 0. The van der Waals surface area contributed by atoms with Crippen molar-refractivity contribution < 1.29 is 9.53 Å². The number of H-pyrrole nitrogens is 1. The molecule has 7 nitrogen and oxygen atoms in total. The number of fused-ring (bicyclic) bond motifs is 1. The first-order chi connectivity index (χ1) is 13.6. The maximum absolute atomic E-state index is 12.0. The van der Waals surface area contributed by atoms with E-state index in [1.165, 1.54) is 16.5 Å². The number of aromatic nitrogens is 1. The quantitative estimate of drug-likeness (QED) is 0.188. The van der Waals surface area contributed by atoms with Gasteiger partial charge in [-0.05, 0) is 59.1 Å². The minimum Gasteiger partial charge on any atom is -0.444 e. The Bertz CT molecular complexity index is 839. The van der Waals surface area contributed by atoms with Gasteiger partial charge in [0.15, 0.2) is 5.96 Å². The molecule has 4 N–H and O–H groups in total. The Morgan fingerprint density at radius 1 is 1.13 bits per heavy atom. The molecule has 8 heteroatoms. The Morgan fingerprint density at radius 3 is 2.50 bits per heavy atom. The molecule has 0 unspecified atom stereocenters. The molecule has 1 aromatic heterocycles. The van der Waals surface area contributed by atoms with Gasteiger partial charge in [0.05, 0.1) is 5.54 Å². The molecular formula is C22H36IN5O2. The largest absolute Gasteiger partial charge is 0.444 e. The molecule has 1 heterocycles. The average Bonchev–Trinajstić information content (AvgIpc) is 3.02. The highest BCUT2D eigenvalue weighted by Gasteiger charge is 2.24.